The third-order valence-electron chi connectivity index (χ3n) is 3.70. The molecule has 3 rings (SSSR count). The van der Waals surface area contributed by atoms with Gasteiger partial charge in [0.1, 0.15) is 10.7 Å². The Balaban J connectivity index is 2.11. The molecule has 2 aromatic carbocycles. The molecule has 9 heteroatoms. The van der Waals surface area contributed by atoms with E-state index in [9.17, 15) is 17.6 Å². The fraction of sp³-hybridized carbons (Fsp3) is 0.188. The quantitative estimate of drug-likeness (QED) is 0.814. The van der Waals surface area contributed by atoms with Gasteiger partial charge in [-0.2, -0.15) is 0 Å². The van der Waals surface area contributed by atoms with Crippen LogP contribution in [0.1, 0.15) is 6.92 Å². The summed E-state index contributed by atoms with van der Waals surface area (Å²) in [5.41, 5.74) is 0.416. The molecule has 1 atom stereocenters. The molecule has 0 saturated heterocycles. The molecular weight excluding hydrogens is 415 g/mol. The Morgan fingerprint density at radius 3 is 2.68 bits per heavy atom. The second-order valence-corrected chi connectivity index (χ2v) is 8.09. The van der Waals surface area contributed by atoms with Gasteiger partial charge in [-0.25, -0.2) is 12.8 Å². The summed E-state index contributed by atoms with van der Waals surface area (Å²) in [7, 11) is -2.52. The van der Waals surface area contributed by atoms with Gasteiger partial charge in [-0.3, -0.25) is 9.52 Å². The number of carbonyl (C=O) groups is 1. The summed E-state index contributed by atoms with van der Waals surface area (Å²) in [6, 6.07) is 8.08. The van der Waals surface area contributed by atoms with Crippen LogP contribution in [0.25, 0.3) is 0 Å². The molecule has 0 radical (unpaired) electrons. The van der Waals surface area contributed by atoms with Gasteiger partial charge in [-0.05, 0) is 37.3 Å². The number of amides is 1. The molecule has 1 N–H and O–H groups in total. The Kier molecular flexibility index (Phi) is 4.46. The standard InChI is InChI=1S/C16H14BrFN2O4S/c1-9-16(21)20(2)13-6-10(17)7-14(15(13)24-9)25(22,23)19-12-5-3-4-11(18)8-12/h3-9,19H,1-2H3. The SMILES string of the molecule is CC1Oc2c(cc(Br)cc2S(=O)(=O)Nc2cccc(F)c2)N(C)C1=O. The molecule has 0 spiro atoms. The number of rotatable bonds is 3. The van der Waals surface area contributed by atoms with Gasteiger partial charge in [0.25, 0.3) is 15.9 Å². The van der Waals surface area contributed by atoms with Crippen molar-refractivity contribution >= 4 is 43.2 Å². The number of hydrogen-bond donors (Lipinski definition) is 1. The Labute approximate surface area is 152 Å². The summed E-state index contributed by atoms with van der Waals surface area (Å²) < 4.78 is 47.2. The van der Waals surface area contributed by atoms with E-state index in [0.29, 0.717) is 10.2 Å². The lowest BCUT2D eigenvalue weighted by Crippen LogP contribution is -2.42. The third kappa shape index (κ3) is 3.34. The highest BCUT2D eigenvalue weighted by Gasteiger charge is 2.34. The zero-order chi connectivity index (χ0) is 18.4. The molecular formula is C16H14BrFN2O4S. The van der Waals surface area contributed by atoms with E-state index in [2.05, 4.69) is 20.7 Å². The Hall–Kier alpha value is -2.13. The lowest BCUT2D eigenvalue weighted by atomic mass is 10.2. The number of nitrogens with one attached hydrogen (secondary N) is 1. The summed E-state index contributed by atoms with van der Waals surface area (Å²) in [6.07, 6.45) is -0.818. The molecule has 0 aromatic heterocycles. The summed E-state index contributed by atoms with van der Waals surface area (Å²) in [5.74, 6) is -0.777. The van der Waals surface area contributed by atoms with Gasteiger partial charge < -0.3 is 9.64 Å². The molecule has 1 heterocycles. The first-order chi connectivity index (χ1) is 11.7. The monoisotopic (exact) mass is 428 g/mol. The van der Waals surface area contributed by atoms with Crippen LogP contribution in [0.5, 0.6) is 5.75 Å². The maximum absolute atomic E-state index is 13.3. The fourth-order valence-electron chi connectivity index (χ4n) is 2.50. The van der Waals surface area contributed by atoms with Crippen LogP contribution in [0, 0.1) is 5.82 Å². The van der Waals surface area contributed by atoms with E-state index >= 15 is 0 Å². The number of anilines is 2. The largest absolute Gasteiger partial charge is 0.477 e. The van der Waals surface area contributed by atoms with Gasteiger partial charge in [0.15, 0.2) is 11.9 Å². The maximum Gasteiger partial charge on any atom is 0.267 e. The van der Waals surface area contributed by atoms with Crippen molar-refractivity contribution in [2.45, 2.75) is 17.9 Å². The van der Waals surface area contributed by atoms with E-state index in [4.69, 9.17) is 4.74 Å². The summed E-state index contributed by atoms with van der Waals surface area (Å²) >= 11 is 3.25. The molecule has 0 saturated carbocycles. The number of benzene rings is 2. The van der Waals surface area contributed by atoms with E-state index < -0.39 is 21.9 Å². The van der Waals surface area contributed by atoms with Crippen molar-refractivity contribution in [3.05, 3.63) is 46.7 Å². The highest BCUT2D eigenvalue weighted by molar-refractivity contribution is 9.10. The van der Waals surface area contributed by atoms with Crippen molar-refractivity contribution in [3.63, 3.8) is 0 Å². The van der Waals surface area contributed by atoms with Crippen LogP contribution < -0.4 is 14.4 Å². The predicted octanol–water partition coefficient (Wildman–Crippen LogP) is 3.13. The molecule has 1 aliphatic heterocycles. The number of nitrogens with zero attached hydrogens (tertiary/aromatic N) is 1. The third-order valence-corrected chi connectivity index (χ3v) is 5.55. The van der Waals surface area contributed by atoms with Gasteiger partial charge in [0.05, 0.1) is 11.4 Å². The minimum Gasteiger partial charge on any atom is -0.477 e. The average Bonchev–Trinajstić information content (AvgIpc) is 2.52. The number of halogens is 2. The molecule has 0 bridgehead atoms. The lowest BCUT2D eigenvalue weighted by Gasteiger charge is -2.31. The van der Waals surface area contributed by atoms with Crippen molar-refractivity contribution in [2.75, 3.05) is 16.7 Å². The topological polar surface area (TPSA) is 75.7 Å². The molecule has 132 valence electrons. The van der Waals surface area contributed by atoms with Crippen LogP contribution in [0.3, 0.4) is 0 Å². The smallest absolute Gasteiger partial charge is 0.267 e. The normalized spacial score (nSPS) is 17.0. The first-order valence-corrected chi connectivity index (χ1v) is 9.53. The van der Waals surface area contributed by atoms with Crippen molar-refractivity contribution in [1.29, 1.82) is 0 Å². The van der Waals surface area contributed by atoms with Gasteiger partial charge in [0, 0.05) is 11.5 Å². The number of sulfonamides is 1. The fourth-order valence-corrected chi connectivity index (χ4v) is 4.33. The Morgan fingerprint density at radius 1 is 1.28 bits per heavy atom. The van der Waals surface area contributed by atoms with E-state index in [-0.39, 0.29) is 22.2 Å². The number of ether oxygens (including phenoxy) is 1. The summed E-state index contributed by atoms with van der Waals surface area (Å²) in [6.45, 7) is 1.54. The first-order valence-electron chi connectivity index (χ1n) is 7.25. The Bertz CT molecular complexity index is 965. The van der Waals surface area contributed by atoms with Crippen LogP contribution in [-0.4, -0.2) is 27.5 Å². The summed E-state index contributed by atoms with van der Waals surface area (Å²) in [4.78, 5) is 13.3. The average molecular weight is 429 g/mol. The minimum absolute atomic E-state index is 0.0710. The lowest BCUT2D eigenvalue weighted by molar-refractivity contribution is -0.125. The van der Waals surface area contributed by atoms with E-state index in [1.54, 1.807) is 20.0 Å². The van der Waals surface area contributed by atoms with Gasteiger partial charge in [0.2, 0.25) is 0 Å². The molecule has 6 nitrogen and oxygen atoms in total. The molecule has 2 aromatic rings. The molecule has 25 heavy (non-hydrogen) atoms. The molecule has 1 amide bonds. The van der Waals surface area contributed by atoms with Crippen molar-refractivity contribution in [3.8, 4) is 5.75 Å². The van der Waals surface area contributed by atoms with Crippen LogP contribution >= 0.6 is 15.9 Å². The Morgan fingerprint density at radius 2 is 2.00 bits per heavy atom. The van der Waals surface area contributed by atoms with Gasteiger partial charge in [-0.1, -0.05) is 22.0 Å². The zero-order valence-corrected chi connectivity index (χ0v) is 15.7. The van der Waals surface area contributed by atoms with Crippen LogP contribution in [0.15, 0.2) is 45.8 Å². The van der Waals surface area contributed by atoms with Crippen LogP contribution in [-0.2, 0) is 14.8 Å². The molecule has 0 fully saturated rings. The second-order valence-electron chi connectivity index (χ2n) is 5.53. The van der Waals surface area contributed by atoms with Gasteiger partial charge >= 0.3 is 0 Å². The van der Waals surface area contributed by atoms with E-state index in [1.165, 1.54) is 29.2 Å². The number of fused-ring (bicyclic) bond motifs is 1. The van der Waals surface area contributed by atoms with Crippen molar-refractivity contribution in [1.82, 2.24) is 0 Å². The zero-order valence-electron chi connectivity index (χ0n) is 13.3. The summed E-state index contributed by atoms with van der Waals surface area (Å²) in [5, 5.41) is 0. The number of carbonyl (C=O) groups excluding carboxylic acids is 1. The van der Waals surface area contributed by atoms with Crippen LogP contribution in [0.4, 0.5) is 15.8 Å². The first kappa shape index (κ1) is 17.7. The molecule has 0 aliphatic carbocycles. The van der Waals surface area contributed by atoms with E-state index in [0.717, 1.165) is 6.07 Å². The van der Waals surface area contributed by atoms with Crippen LogP contribution in [0.2, 0.25) is 0 Å². The second kappa shape index (κ2) is 6.30. The van der Waals surface area contributed by atoms with E-state index in [1.807, 2.05) is 0 Å². The van der Waals surface area contributed by atoms with Crippen molar-refractivity contribution < 1.29 is 22.3 Å². The minimum atomic E-state index is -4.07. The van der Waals surface area contributed by atoms with Crippen molar-refractivity contribution in [2.24, 2.45) is 0 Å². The highest BCUT2D eigenvalue weighted by Crippen LogP contribution is 2.41. The molecule has 1 aliphatic rings. The number of hydrogen-bond acceptors (Lipinski definition) is 4. The molecule has 1 unspecified atom stereocenters. The predicted molar refractivity (Wildman–Crippen MR) is 94.9 cm³/mol. The maximum atomic E-state index is 13.3. The number of likely N-dealkylation sites (N-methyl/N-ethyl adjacent to an activating group) is 1. The van der Waals surface area contributed by atoms with Gasteiger partial charge in [-0.15, -0.1) is 0 Å². The highest BCUT2D eigenvalue weighted by atomic mass is 79.9.